The van der Waals surface area contributed by atoms with E-state index in [9.17, 15) is 18.0 Å². The van der Waals surface area contributed by atoms with Crippen molar-refractivity contribution in [2.75, 3.05) is 10.0 Å². The number of Topliss-reactive ketones (excluding diaryl/α,β-unsaturated/α-hetero) is 1. The molecule has 2 N–H and O–H groups in total. The fourth-order valence-electron chi connectivity index (χ4n) is 2.22. The lowest BCUT2D eigenvalue weighted by Gasteiger charge is -2.00. The molecule has 1 amide bonds. The van der Waals surface area contributed by atoms with Crippen molar-refractivity contribution >= 4 is 44.2 Å². The van der Waals surface area contributed by atoms with Crippen molar-refractivity contribution in [3.05, 3.63) is 11.9 Å². The first-order chi connectivity index (χ1) is 12.9. The Labute approximate surface area is 161 Å². The van der Waals surface area contributed by atoms with Crippen molar-refractivity contribution in [1.82, 2.24) is 25.2 Å². The number of unbranched alkanes of at least 4 members (excludes halogenated alkanes) is 1. The Kier molecular flexibility index (Phi) is 8.26. The lowest BCUT2D eigenvalue weighted by molar-refractivity contribution is -0.117. The molecule has 0 fully saturated rings. The van der Waals surface area contributed by atoms with Crippen molar-refractivity contribution in [2.24, 2.45) is 0 Å². The number of ketones is 1. The standard InChI is InChI=1S/C14H21N7O4S2/c1-10(22)5-2-3-8-21-9-11(16-20-21)6-4-7-12(23)15-13-17-18-14(26-13)19-27(24)25/h9,27H,2-8H2,1H3,(H,15,17,23)(H,18,19,24,25). The number of amides is 1. The number of thiol groups is 1. The van der Waals surface area contributed by atoms with Gasteiger partial charge in [0.25, 0.3) is 0 Å². The molecule has 0 radical (unpaired) electrons. The number of nitrogens with one attached hydrogen (secondary N) is 2. The number of aryl methyl sites for hydroxylation is 2. The largest absolute Gasteiger partial charge is 0.300 e. The van der Waals surface area contributed by atoms with Crippen molar-refractivity contribution in [3.8, 4) is 0 Å². The van der Waals surface area contributed by atoms with Gasteiger partial charge in [0, 0.05) is 25.6 Å². The number of aromatic nitrogens is 5. The molecule has 0 unspecified atom stereocenters. The van der Waals surface area contributed by atoms with Gasteiger partial charge in [-0.15, -0.1) is 15.3 Å². The van der Waals surface area contributed by atoms with Gasteiger partial charge >= 0.3 is 0 Å². The molecular formula is C14H21N7O4S2. The molecule has 27 heavy (non-hydrogen) atoms. The fourth-order valence-corrected chi connectivity index (χ4v) is 3.34. The van der Waals surface area contributed by atoms with E-state index in [1.165, 1.54) is 0 Å². The highest BCUT2D eigenvalue weighted by Gasteiger charge is 2.09. The summed E-state index contributed by atoms with van der Waals surface area (Å²) in [6.45, 7) is 2.29. The van der Waals surface area contributed by atoms with Crippen LogP contribution in [0.2, 0.25) is 0 Å². The van der Waals surface area contributed by atoms with Gasteiger partial charge < -0.3 is 10.1 Å². The monoisotopic (exact) mass is 415 g/mol. The SMILES string of the molecule is CC(=O)CCCCn1cc(CCCC(=O)Nc2nnc(N[SH](=O)=O)s2)nn1. The molecule has 0 saturated heterocycles. The Hall–Kier alpha value is -2.41. The van der Waals surface area contributed by atoms with E-state index in [0.717, 1.165) is 29.9 Å². The molecule has 11 nitrogen and oxygen atoms in total. The number of anilines is 2. The Morgan fingerprint density at radius 1 is 1.11 bits per heavy atom. The molecule has 0 atom stereocenters. The summed E-state index contributed by atoms with van der Waals surface area (Å²) < 4.78 is 24.9. The third-order valence-corrected chi connectivity index (χ3v) is 4.75. The second-order valence-corrected chi connectivity index (χ2v) is 7.53. The van der Waals surface area contributed by atoms with Crippen LogP contribution in [0.15, 0.2) is 6.20 Å². The number of rotatable bonds is 12. The smallest absolute Gasteiger partial charge is 0.226 e. The van der Waals surface area contributed by atoms with E-state index in [1.807, 2.05) is 6.20 Å². The molecule has 13 heteroatoms. The zero-order valence-corrected chi connectivity index (χ0v) is 16.5. The molecule has 0 aliphatic rings. The van der Waals surface area contributed by atoms with Crippen LogP contribution in [-0.4, -0.2) is 45.3 Å². The minimum atomic E-state index is -2.81. The van der Waals surface area contributed by atoms with E-state index in [0.29, 0.717) is 25.8 Å². The molecule has 0 bridgehead atoms. The Morgan fingerprint density at radius 2 is 1.89 bits per heavy atom. The number of carbonyl (C=O) groups excluding carboxylic acids is 2. The van der Waals surface area contributed by atoms with Crippen LogP contribution in [0.4, 0.5) is 10.3 Å². The van der Waals surface area contributed by atoms with Gasteiger partial charge in [-0.3, -0.25) is 14.2 Å². The molecule has 2 aromatic heterocycles. The maximum atomic E-state index is 11.9. The Balaban J connectivity index is 1.66. The van der Waals surface area contributed by atoms with Gasteiger partial charge in [0.15, 0.2) is 0 Å². The Morgan fingerprint density at radius 3 is 2.63 bits per heavy atom. The molecule has 0 saturated carbocycles. The highest BCUT2D eigenvalue weighted by molar-refractivity contribution is 7.74. The second kappa shape index (κ2) is 10.7. The van der Waals surface area contributed by atoms with E-state index in [2.05, 4.69) is 30.5 Å². The first-order valence-corrected chi connectivity index (χ1v) is 10.3. The quantitative estimate of drug-likeness (QED) is 0.340. The number of hydrogen-bond donors (Lipinski definition) is 3. The van der Waals surface area contributed by atoms with Gasteiger partial charge in [0.2, 0.25) is 27.1 Å². The van der Waals surface area contributed by atoms with Crippen LogP contribution in [0.25, 0.3) is 0 Å². The van der Waals surface area contributed by atoms with Crippen molar-refractivity contribution in [3.63, 3.8) is 0 Å². The van der Waals surface area contributed by atoms with Gasteiger partial charge in [-0.1, -0.05) is 16.6 Å². The highest BCUT2D eigenvalue weighted by atomic mass is 32.2. The lowest BCUT2D eigenvalue weighted by Crippen LogP contribution is -2.11. The zero-order chi connectivity index (χ0) is 19.6. The van der Waals surface area contributed by atoms with Crippen LogP contribution in [0.1, 0.15) is 44.7 Å². The summed E-state index contributed by atoms with van der Waals surface area (Å²) in [4.78, 5) is 22.8. The predicted molar refractivity (Wildman–Crippen MR) is 100.0 cm³/mol. The van der Waals surface area contributed by atoms with Crippen LogP contribution < -0.4 is 10.0 Å². The molecule has 0 aliphatic heterocycles. The second-order valence-electron chi connectivity index (χ2n) is 5.82. The van der Waals surface area contributed by atoms with Crippen LogP contribution in [0, 0.1) is 0 Å². The summed E-state index contributed by atoms with van der Waals surface area (Å²) in [7, 11) is -2.81. The van der Waals surface area contributed by atoms with Crippen molar-refractivity contribution in [1.29, 1.82) is 0 Å². The average Bonchev–Trinajstić information content (AvgIpc) is 3.20. The van der Waals surface area contributed by atoms with Crippen molar-refractivity contribution < 1.29 is 18.0 Å². The van der Waals surface area contributed by atoms with E-state index in [4.69, 9.17) is 0 Å². The molecule has 2 heterocycles. The summed E-state index contributed by atoms with van der Waals surface area (Å²) >= 11 is 0.938. The third-order valence-electron chi connectivity index (χ3n) is 3.45. The molecular weight excluding hydrogens is 394 g/mol. The molecule has 0 spiro atoms. The number of nitrogens with zero attached hydrogens (tertiary/aromatic N) is 5. The summed E-state index contributed by atoms with van der Waals surface area (Å²) in [6.07, 6.45) is 5.59. The summed E-state index contributed by atoms with van der Waals surface area (Å²) in [5.74, 6) is -0.0460. The molecule has 0 aromatic carbocycles. The van der Waals surface area contributed by atoms with E-state index in [1.54, 1.807) is 11.6 Å². The topological polar surface area (TPSA) is 149 Å². The molecule has 148 valence electrons. The minimum Gasteiger partial charge on any atom is -0.300 e. The fraction of sp³-hybridized carbons (Fsp3) is 0.571. The van der Waals surface area contributed by atoms with Crippen LogP contribution in [-0.2, 0) is 33.4 Å². The van der Waals surface area contributed by atoms with Crippen molar-refractivity contribution in [2.45, 2.75) is 52.0 Å². The number of hydrogen-bond acceptors (Lipinski definition) is 9. The summed E-state index contributed by atoms with van der Waals surface area (Å²) in [6, 6.07) is 0. The molecule has 2 rings (SSSR count). The van der Waals surface area contributed by atoms with Crippen LogP contribution >= 0.6 is 11.3 Å². The molecule has 2 aromatic rings. The van der Waals surface area contributed by atoms with Gasteiger partial charge in [0.05, 0.1) is 5.69 Å². The maximum Gasteiger partial charge on any atom is 0.226 e. The van der Waals surface area contributed by atoms with Crippen LogP contribution in [0.5, 0.6) is 0 Å². The minimum absolute atomic E-state index is 0.0985. The van der Waals surface area contributed by atoms with E-state index in [-0.39, 0.29) is 28.4 Å². The first kappa shape index (κ1) is 20.9. The highest BCUT2D eigenvalue weighted by Crippen LogP contribution is 2.19. The predicted octanol–water partition coefficient (Wildman–Crippen LogP) is 0.789. The normalized spacial score (nSPS) is 10.9. The van der Waals surface area contributed by atoms with Gasteiger partial charge in [-0.25, -0.2) is 8.42 Å². The average molecular weight is 416 g/mol. The Bertz CT molecular complexity index is 838. The summed E-state index contributed by atoms with van der Waals surface area (Å²) in [5.41, 5.74) is 0.802. The van der Waals surface area contributed by atoms with E-state index >= 15 is 0 Å². The number of carbonyl (C=O) groups is 2. The maximum absolute atomic E-state index is 11.9. The van der Waals surface area contributed by atoms with Crippen LogP contribution in [0.3, 0.4) is 0 Å². The van der Waals surface area contributed by atoms with Gasteiger partial charge in [-0.05, 0) is 32.6 Å². The zero-order valence-electron chi connectivity index (χ0n) is 14.8. The summed E-state index contributed by atoms with van der Waals surface area (Å²) in [5, 5.41) is 18.3. The van der Waals surface area contributed by atoms with Gasteiger partial charge in [0.1, 0.15) is 5.78 Å². The third kappa shape index (κ3) is 8.21. The lowest BCUT2D eigenvalue weighted by atomic mass is 10.2. The van der Waals surface area contributed by atoms with Gasteiger partial charge in [-0.2, -0.15) is 0 Å². The molecule has 0 aliphatic carbocycles. The first-order valence-electron chi connectivity index (χ1n) is 8.35. The van der Waals surface area contributed by atoms with E-state index < -0.39 is 10.9 Å².